The minimum absolute atomic E-state index is 0.147. The molecule has 2 heterocycles. The van der Waals surface area contributed by atoms with E-state index in [1.54, 1.807) is 0 Å². The van der Waals surface area contributed by atoms with Crippen LogP contribution in [0, 0.1) is 5.92 Å². The lowest BCUT2D eigenvalue weighted by molar-refractivity contribution is -0.131. The van der Waals surface area contributed by atoms with Crippen LogP contribution in [-0.2, 0) is 14.6 Å². The summed E-state index contributed by atoms with van der Waals surface area (Å²) in [4.78, 5) is 13.9. The van der Waals surface area contributed by atoms with Gasteiger partial charge in [-0.05, 0) is 38.6 Å². The molecular weight excluding hydrogens is 252 g/mol. The van der Waals surface area contributed by atoms with Gasteiger partial charge in [0.25, 0.3) is 0 Å². The molecule has 0 aromatic rings. The van der Waals surface area contributed by atoms with Gasteiger partial charge in [-0.15, -0.1) is 0 Å². The van der Waals surface area contributed by atoms with Crippen LogP contribution < -0.4 is 5.32 Å². The predicted molar refractivity (Wildman–Crippen MR) is 70.0 cm³/mol. The van der Waals surface area contributed by atoms with Gasteiger partial charge in [0.2, 0.25) is 5.91 Å². The first kappa shape index (κ1) is 13.8. The maximum Gasteiger partial charge on any atom is 0.239 e. The molecule has 2 rings (SSSR count). The summed E-state index contributed by atoms with van der Waals surface area (Å²) in [6.45, 7) is 4.22. The second kappa shape index (κ2) is 5.57. The molecule has 0 radical (unpaired) electrons. The van der Waals surface area contributed by atoms with E-state index in [-0.39, 0.29) is 23.6 Å². The fourth-order valence-electron chi connectivity index (χ4n) is 2.68. The van der Waals surface area contributed by atoms with Gasteiger partial charge in [-0.2, -0.15) is 0 Å². The highest BCUT2D eigenvalue weighted by atomic mass is 32.2. The van der Waals surface area contributed by atoms with Crippen LogP contribution in [0.1, 0.15) is 26.2 Å². The van der Waals surface area contributed by atoms with Crippen LogP contribution in [0.25, 0.3) is 0 Å². The quantitative estimate of drug-likeness (QED) is 0.785. The summed E-state index contributed by atoms with van der Waals surface area (Å²) in [5.41, 5.74) is 0. The number of nitrogens with one attached hydrogen (secondary N) is 1. The van der Waals surface area contributed by atoms with Crippen molar-refractivity contribution in [3.63, 3.8) is 0 Å². The Bertz CT molecular complexity index is 402. The standard InChI is InChI=1S/C12H22N2O3S/c1-10(12(15)14-5-2-3-6-14)13-8-11-4-7-18(16,17)9-11/h10-11,13H,2-9H2,1H3. The Kier molecular flexibility index (Phi) is 4.27. The Morgan fingerprint density at radius 3 is 2.61 bits per heavy atom. The van der Waals surface area contributed by atoms with Gasteiger partial charge in [0.05, 0.1) is 17.5 Å². The molecule has 0 aromatic carbocycles. The molecule has 0 spiro atoms. The molecule has 1 amide bonds. The van der Waals surface area contributed by atoms with E-state index in [0.717, 1.165) is 32.4 Å². The Morgan fingerprint density at radius 2 is 2.06 bits per heavy atom. The van der Waals surface area contributed by atoms with Crippen LogP contribution in [0.3, 0.4) is 0 Å². The number of rotatable bonds is 4. The third kappa shape index (κ3) is 3.45. The predicted octanol–water partition coefficient (Wildman–Crippen LogP) is 0.0216. The number of hydrogen-bond acceptors (Lipinski definition) is 4. The number of sulfone groups is 1. The Balaban J connectivity index is 1.74. The highest BCUT2D eigenvalue weighted by molar-refractivity contribution is 7.91. The molecule has 2 aliphatic rings. The first-order valence-electron chi connectivity index (χ1n) is 6.70. The zero-order chi connectivity index (χ0) is 13.2. The van der Waals surface area contributed by atoms with E-state index in [2.05, 4.69) is 5.32 Å². The first-order chi connectivity index (χ1) is 8.48. The van der Waals surface area contributed by atoms with Crippen molar-refractivity contribution < 1.29 is 13.2 Å². The molecule has 0 aromatic heterocycles. The SMILES string of the molecule is CC(NCC1CCS(=O)(=O)C1)C(=O)N1CCCC1. The second-order valence-corrected chi connectivity index (χ2v) is 7.66. The number of nitrogens with zero attached hydrogens (tertiary/aromatic N) is 1. The van der Waals surface area contributed by atoms with Crippen molar-refractivity contribution in [3.8, 4) is 0 Å². The normalized spacial score (nSPS) is 28.5. The molecule has 6 heteroatoms. The van der Waals surface area contributed by atoms with E-state index in [0.29, 0.717) is 12.3 Å². The number of carbonyl (C=O) groups is 1. The molecule has 0 bridgehead atoms. The number of hydrogen-bond donors (Lipinski definition) is 1. The van der Waals surface area contributed by atoms with E-state index in [1.165, 1.54) is 0 Å². The molecule has 18 heavy (non-hydrogen) atoms. The van der Waals surface area contributed by atoms with Crippen LogP contribution >= 0.6 is 0 Å². The van der Waals surface area contributed by atoms with Gasteiger partial charge in [-0.25, -0.2) is 8.42 Å². The lowest BCUT2D eigenvalue weighted by atomic mass is 10.1. The fourth-order valence-corrected chi connectivity index (χ4v) is 4.54. The maximum absolute atomic E-state index is 12.0. The average Bonchev–Trinajstić information content (AvgIpc) is 2.94. The summed E-state index contributed by atoms with van der Waals surface area (Å²) in [5, 5.41) is 3.18. The van der Waals surface area contributed by atoms with Gasteiger partial charge in [0, 0.05) is 13.1 Å². The molecule has 0 saturated carbocycles. The van der Waals surface area contributed by atoms with Gasteiger partial charge in [-0.1, -0.05) is 0 Å². The topological polar surface area (TPSA) is 66.5 Å². The smallest absolute Gasteiger partial charge is 0.239 e. The lowest BCUT2D eigenvalue weighted by Gasteiger charge is -2.22. The molecule has 104 valence electrons. The highest BCUT2D eigenvalue weighted by Crippen LogP contribution is 2.17. The van der Waals surface area contributed by atoms with Crippen molar-refractivity contribution >= 4 is 15.7 Å². The summed E-state index contributed by atoms with van der Waals surface area (Å²) in [5.74, 6) is 0.885. The number of amides is 1. The zero-order valence-corrected chi connectivity index (χ0v) is 11.7. The molecule has 5 nitrogen and oxygen atoms in total. The van der Waals surface area contributed by atoms with Crippen LogP contribution in [0.15, 0.2) is 0 Å². The zero-order valence-electron chi connectivity index (χ0n) is 10.9. The lowest BCUT2D eigenvalue weighted by Crippen LogP contribution is -2.45. The number of carbonyl (C=O) groups excluding carboxylic acids is 1. The molecule has 2 fully saturated rings. The summed E-state index contributed by atoms with van der Waals surface area (Å²) in [7, 11) is -2.81. The van der Waals surface area contributed by atoms with E-state index in [4.69, 9.17) is 0 Å². The second-order valence-electron chi connectivity index (χ2n) is 5.43. The van der Waals surface area contributed by atoms with Crippen LogP contribution in [0.4, 0.5) is 0 Å². The van der Waals surface area contributed by atoms with Crippen molar-refractivity contribution in [2.45, 2.75) is 32.2 Å². The molecule has 2 atom stereocenters. The molecule has 1 N–H and O–H groups in total. The van der Waals surface area contributed by atoms with Gasteiger partial charge in [0.1, 0.15) is 0 Å². The summed E-state index contributed by atoms with van der Waals surface area (Å²) >= 11 is 0. The third-order valence-corrected chi connectivity index (χ3v) is 5.66. The molecule has 2 unspecified atom stereocenters. The Labute approximate surface area is 109 Å². The molecule has 2 saturated heterocycles. The van der Waals surface area contributed by atoms with Crippen molar-refractivity contribution in [1.29, 1.82) is 0 Å². The monoisotopic (exact) mass is 274 g/mol. The van der Waals surface area contributed by atoms with Gasteiger partial charge in [-0.3, -0.25) is 4.79 Å². The largest absolute Gasteiger partial charge is 0.341 e. The van der Waals surface area contributed by atoms with Crippen molar-refractivity contribution in [1.82, 2.24) is 10.2 Å². The van der Waals surface area contributed by atoms with Gasteiger partial charge >= 0.3 is 0 Å². The Morgan fingerprint density at radius 1 is 1.39 bits per heavy atom. The average molecular weight is 274 g/mol. The van der Waals surface area contributed by atoms with Crippen LogP contribution in [-0.4, -0.2) is 56.4 Å². The third-order valence-electron chi connectivity index (χ3n) is 3.83. The van der Waals surface area contributed by atoms with E-state index in [1.807, 2.05) is 11.8 Å². The van der Waals surface area contributed by atoms with E-state index >= 15 is 0 Å². The van der Waals surface area contributed by atoms with Crippen molar-refractivity contribution in [3.05, 3.63) is 0 Å². The van der Waals surface area contributed by atoms with Gasteiger partial charge in [0.15, 0.2) is 9.84 Å². The van der Waals surface area contributed by atoms with E-state index < -0.39 is 9.84 Å². The summed E-state index contributed by atoms with van der Waals surface area (Å²) < 4.78 is 22.7. The van der Waals surface area contributed by atoms with Crippen molar-refractivity contribution in [2.75, 3.05) is 31.1 Å². The number of likely N-dealkylation sites (tertiary alicyclic amines) is 1. The Hall–Kier alpha value is -0.620. The highest BCUT2D eigenvalue weighted by Gasteiger charge is 2.29. The molecular formula is C12H22N2O3S. The minimum atomic E-state index is -2.81. The van der Waals surface area contributed by atoms with Crippen molar-refractivity contribution in [2.24, 2.45) is 5.92 Å². The summed E-state index contributed by atoms with van der Waals surface area (Å²) in [6, 6.07) is -0.202. The van der Waals surface area contributed by atoms with Crippen LogP contribution in [0.5, 0.6) is 0 Å². The summed E-state index contributed by atoms with van der Waals surface area (Å²) in [6.07, 6.45) is 2.92. The van der Waals surface area contributed by atoms with Crippen LogP contribution in [0.2, 0.25) is 0 Å². The molecule has 2 aliphatic heterocycles. The first-order valence-corrected chi connectivity index (χ1v) is 8.53. The van der Waals surface area contributed by atoms with Gasteiger partial charge < -0.3 is 10.2 Å². The minimum Gasteiger partial charge on any atom is -0.341 e. The van der Waals surface area contributed by atoms with E-state index in [9.17, 15) is 13.2 Å². The molecule has 0 aliphatic carbocycles. The fraction of sp³-hybridized carbons (Fsp3) is 0.917. The maximum atomic E-state index is 12.0.